The highest BCUT2D eigenvalue weighted by atomic mass is 16.4. The van der Waals surface area contributed by atoms with Crippen LogP contribution in [0.2, 0.25) is 0 Å². The van der Waals surface area contributed by atoms with Gasteiger partial charge in [0, 0.05) is 32.0 Å². The van der Waals surface area contributed by atoms with Gasteiger partial charge in [0.1, 0.15) is 6.54 Å². The fourth-order valence-corrected chi connectivity index (χ4v) is 4.78. The third kappa shape index (κ3) is 6.51. The van der Waals surface area contributed by atoms with Gasteiger partial charge in [-0.3, -0.25) is 14.4 Å². The summed E-state index contributed by atoms with van der Waals surface area (Å²) in [5.41, 5.74) is 0. The summed E-state index contributed by atoms with van der Waals surface area (Å²) in [6.45, 7) is 4.61. The van der Waals surface area contributed by atoms with Crippen LogP contribution in [0.5, 0.6) is 0 Å². The Kier molecular flexibility index (Phi) is 8.58. The van der Waals surface area contributed by atoms with Gasteiger partial charge in [-0.1, -0.05) is 39.0 Å². The summed E-state index contributed by atoms with van der Waals surface area (Å²) >= 11 is 0. The summed E-state index contributed by atoms with van der Waals surface area (Å²) in [6.07, 6.45) is 10.6. The molecule has 6 nitrogen and oxygen atoms in total. The Balaban J connectivity index is 1.93. The standard InChI is InChI=1S/C21H36N2O4/c1-3-18(14-17-8-5-4-6-9-17)21(27)22-12-7-10-19(11-13-22)23(16(2)24)15-20(25)26/h17-19H,3-15H2,1-2H3,(H,25,26). The van der Waals surface area contributed by atoms with E-state index in [0.717, 1.165) is 32.2 Å². The first-order valence-electron chi connectivity index (χ1n) is 10.7. The number of amides is 2. The van der Waals surface area contributed by atoms with E-state index in [1.54, 1.807) is 0 Å². The lowest BCUT2D eigenvalue weighted by atomic mass is 9.81. The zero-order chi connectivity index (χ0) is 19.8. The minimum absolute atomic E-state index is 0.0881. The quantitative estimate of drug-likeness (QED) is 0.735. The van der Waals surface area contributed by atoms with Crippen molar-refractivity contribution in [3.63, 3.8) is 0 Å². The third-order valence-corrected chi connectivity index (χ3v) is 6.34. The number of carbonyl (C=O) groups is 3. The van der Waals surface area contributed by atoms with Crippen molar-refractivity contribution < 1.29 is 19.5 Å². The first-order valence-corrected chi connectivity index (χ1v) is 10.7. The summed E-state index contributed by atoms with van der Waals surface area (Å²) in [5.74, 6) is -0.133. The lowest BCUT2D eigenvalue weighted by molar-refractivity contribution is -0.145. The molecule has 2 atom stereocenters. The summed E-state index contributed by atoms with van der Waals surface area (Å²) < 4.78 is 0. The maximum absolute atomic E-state index is 13.1. The molecule has 0 spiro atoms. The summed E-state index contributed by atoms with van der Waals surface area (Å²) in [6, 6.07) is -0.0881. The number of carbonyl (C=O) groups excluding carboxylic acids is 2. The SMILES string of the molecule is CCC(CC1CCCCC1)C(=O)N1CCCC(N(CC(=O)O)C(C)=O)CC1. The van der Waals surface area contributed by atoms with Crippen molar-refractivity contribution in [3.05, 3.63) is 0 Å². The van der Waals surface area contributed by atoms with E-state index in [-0.39, 0.29) is 30.3 Å². The van der Waals surface area contributed by atoms with Crippen LogP contribution in [0.1, 0.15) is 78.1 Å². The van der Waals surface area contributed by atoms with Gasteiger partial charge in [-0.25, -0.2) is 0 Å². The largest absolute Gasteiger partial charge is 0.480 e. The van der Waals surface area contributed by atoms with Gasteiger partial charge in [0.25, 0.3) is 0 Å². The van der Waals surface area contributed by atoms with E-state index in [4.69, 9.17) is 5.11 Å². The molecule has 1 N–H and O–H groups in total. The molecular formula is C21H36N2O4. The minimum Gasteiger partial charge on any atom is -0.480 e. The van der Waals surface area contributed by atoms with E-state index in [1.807, 2.05) is 4.90 Å². The second-order valence-electron chi connectivity index (χ2n) is 8.30. The maximum atomic E-state index is 13.1. The topological polar surface area (TPSA) is 77.9 Å². The highest BCUT2D eigenvalue weighted by molar-refractivity contribution is 5.80. The molecule has 0 bridgehead atoms. The predicted octanol–water partition coefficient (Wildman–Crippen LogP) is 3.30. The van der Waals surface area contributed by atoms with Gasteiger partial charge in [0.2, 0.25) is 11.8 Å². The van der Waals surface area contributed by atoms with Crippen LogP contribution in [0.4, 0.5) is 0 Å². The zero-order valence-corrected chi connectivity index (χ0v) is 17.0. The number of rotatable bonds is 7. The smallest absolute Gasteiger partial charge is 0.323 e. The van der Waals surface area contributed by atoms with Crippen molar-refractivity contribution in [2.75, 3.05) is 19.6 Å². The highest BCUT2D eigenvalue weighted by Crippen LogP contribution is 2.31. The van der Waals surface area contributed by atoms with Crippen molar-refractivity contribution in [2.24, 2.45) is 11.8 Å². The molecule has 2 fully saturated rings. The molecule has 154 valence electrons. The summed E-state index contributed by atoms with van der Waals surface area (Å²) in [4.78, 5) is 39.5. The van der Waals surface area contributed by atoms with Gasteiger partial charge in [0.05, 0.1) is 0 Å². The monoisotopic (exact) mass is 380 g/mol. The van der Waals surface area contributed by atoms with Crippen molar-refractivity contribution >= 4 is 17.8 Å². The Morgan fingerprint density at radius 3 is 2.33 bits per heavy atom. The molecule has 1 heterocycles. The molecule has 0 radical (unpaired) electrons. The van der Waals surface area contributed by atoms with Crippen LogP contribution >= 0.6 is 0 Å². The molecule has 1 aliphatic carbocycles. The van der Waals surface area contributed by atoms with Crippen molar-refractivity contribution in [1.82, 2.24) is 9.80 Å². The van der Waals surface area contributed by atoms with Gasteiger partial charge in [-0.05, 0) is 38.0 Å². The molecule has 2 aliphatic rings. The molecule has 0 aromatic carbocycles. The second-order valence-corrected chi connectivity index (χ2v) is 8.30. The lowest BCUT2D eigenvalue weighted by Crippen LogP contribution is -2.43. The van der Waals surface area contributed by atoms with E-state index in [0.29, 0.717) is 18.9 Å². The molecular weight excluding hydrogens is 344 g/mol. The number of likely N-dealkylation sites (tertiary alicyclic amines) is 1. The molecule has 27 heavy (non-hydrogen) atoms. The molecule has 2 amide bonds. The van der Waals surface area contributed by atoms with Gasteiger partial charge in [-0.2, -0.15) is 0 Å². The highest BCUT2D eigenvalue weighted by Gasteiger charge is 2.31. The van der Waals surface area contributed by atoms with E-state index >= 15 is 0 Å². The van der Waals surface area contributed by atoms with E-state index < -0.39 is 5.97 Å². The Bertz CT molecular complexity index is 516. The Hall–Kier alpha value is -1.59. The van der Waals surface area contributed by atoms with Crippen molar-refractivity contribution in [3.8, 4) is 0 Å². The van der Waals surface area contributed by atoms with Crippen molar-refractivity contribution in [2.45, 2.75) is 84.1 Å². The maximum Gasteiger partial charge on any atom is 0.323 e. The Labute approximate surface area is 163 Å². The lowest BCUT2D eigenvalue weighted by Gasteiger charge is -2.30. The van der Waals surface area contributed by atoms with Gasteiger partial charge in [-0.15, -0.1) is 0 Å². The molecule has 0 aromatic heterocycles. The van der Waals surface area contributed by atoms with E-state index in [2.05, 4.69) is 6.92 Å². The minimum atomic E-state index is -0.985. The molecule has 1 saturated carbocycles. The van der Waals surface area contributed by atoms with Crippen LogP contribution in [0.15, 0.2) is 0 Å². The van der Waals surface area contributed by atoms with E-state index in [1.165, 1.54) is 43.9 Å². The van der Waals surface area contributed by atoms with Crippen LogP contribution in [-0.4, -0.2) is 58.4 Å². The molecule has 0 aromatic rings. The van der Waals surface area contributed by atoms with Crippen LogP contribution in [0, 0.1) is 11.8 Å². The number of nitrogens with zero attached hydrogens (tertiary/aromatic N) is 2. The fraction of sp³-hybridized carbons (Fsp3) is 0.857. The third-order valence-electron chi connectivity index (χ3n) is 6.34. The number of carboxylic acids is 1. The number of carboxylic acid groups (broad SMARTS) is 1. The van der Waals surface area contributed by atoms with Gasteiger partial charge >= 0.3 is 5.97 Å². The predicted molar refractivity (Wildman–Crippen MR) is 104 cm³/mol. The van der Waals surface area contributed by atoms with Crippen LogP contribution in [-0.2, 0) is 14.4 Å². The molecule has 1 aliphatic heterocycles. The zero-order valence-electron chi connectivity index (χ0n) is 17.0. The Morgan fingerprint density at radius 1 is 1.04 bits per heavy atom. The molecule has 2 rings (SSSR count). The Morgan fingerprint density at radius 2 is 1.74 bits per heavy atom. The average Bonchev–Trinajstić information content (AvgIpc) is 2.90. The number of hydrogen-bond donors (Lipinski definition) is 1. The number of aliphatic carboxylic acids is 1. The van der Waals surface area contributed by atoms with Crippen LogP contribution < -0.4 is 0 Å². The van der Waals surface area contributed by atoms with E-state index in [9.17, 15) is 14.4 Å². The van der Waals surface area contributed by atoms with Crippen molar-refractivity contribution in [1.29, 1.82) is 0 Å². The van der Waals surface area contributed by atoms with Gasteiger partial charge < -0.3 is 14.9 Å². The van der Waals surface area contributed by atoms with Crippen LogP contribution in [0.25, 0.3) is 0 Å². The van der Waals surface area contributed by atoms with Crippen LogP contribution in [0.3, 0.4) is 0 Å². The first-order chi connectivity index (χ1) is 12.9. The number of hydrogen-bond acceptors (Lipinski definition) is 3. The average molecular weight is 381 g/mol. The molecule has 6 heteroatoms. The molecule has 2 unspecified atom stereocenters. The second kappa shape index (κ2) is 10.7. The summed E-state index contributed by atoms with van der Waals surface area (Å²) in [7, 11) is 0. The fourth-order valence-electron chi connectivity index (χ4n) is 4.78. The normalized spacial score (nSPS) is 22.7. The van der Waals surface area contributed by atoms with Gasteiger partial charge in [0.15, 0.2) is 0 Å². The molecule has 1 saturated heterocycles. The summed E-state index contributed by atoms with van der Waals surface area (Å²) in [5, 5.41) is 9.08. The first kappa shape index (κ1) is 21.7.